The maximum Gasteiger partial charge on any atom is 0.0716 e. The third-order valence-electron chi connectivity index (χ3n) is 2.70. The summed E-state index contributed by atoms with van der Waals surface area (Å²) in [4.78, 5) is 0. The molecule has 0 N–H and O–H groups in total. The van der Waals surface area contributed by atoms with Crippen molar-refractivity contribution in [2.75, 3.05) is 6.61 Å². The normalized spacial score (nSPS) is 9.58. The molecule has 0 unspecified atom stereocenters. The molecule has 19 heavy (non-hydrogen) atoms. The van der Waals surface area contributed by atoms with Crippen LogP contribution in [0.3, 0.4) is 0 Å². The summed E-state index contributed by atoms with van der Waals surface area (Å²) in [6.07, 6.45) is 2.45. The lowest BCUT2D eigenvalue weighted by atomic mass is 10.1. The third-order valence-corrected chi connectivity index (χ3v) is 2.70. The van der Waals surface area contributed by atoms with E-state index in [1.807, 2.05) is 25.1 Å². The fourth-order valence-electron chi connectivity index (χ4n) is 1.73. The van der Waals surface area contributed by atoms with Gasteiger partial charge in [-0.3, -0.25) is 0 Å². The number of rotatable bonds is 5. The second-order valence-corrected chi connectivity index (χ2v) is 4.36. The summed E-state index contributed by atoms with van der Waals surface area (Å²) in [6, 6.07) is 20.8. The van der Waals surface area contributed by atoms with Gasteiger partial charge in [-0.25, -0.2) is 0 Å². The summed E-state index contributed by atoms with van der Waals surface area (Å²) in [6.45, 7) is 5.72. The highest BCUT2D eigenvalue weighted by Gasteiger charge is 1.87. The minimum absolute atomic E-state index is 0.733. The summed E-state index contributed by atoms with van der Waals surface area (Å²) in [5.41, 5.74) is 2.68. The van der Waals surface area contributed by atoms with E-state index in [1.54, 1.807) is 0 Å². The quantitative estimate of drug-likeness (QED) is 0.742. The van der Waals surface area contributed by atoms with Crippen molar-refractivity contribution in [3.63, 3.8) is 0 Å². The van der Waals surface area contributed by atoms with Crippen LogP contribution in [-0.2, 0) is 17.8 Å². The average Bonchev–Trinajstić information content (AvgIpc) is 2.48. The van der Waals surface area contributed by atoms with E-state index in [1.165, 1.54) is 24.0 Å². The van der Waals surface area contributed by atoms with Gasteiger partial charge in [0, 0.05) is 6.61 Å². The molecule has 2 aromatic carbocycles. The SMILES string of the molecule is CCCc1ccccc1.CCOCc1ccccc1. The number of hydrogen-bond acceptors (Lipinski definition) is 1. The molecule has 0 radical (unpaired) electrons. The van der Waals surface area contributed by atoms with E-state index in [9.17, 15) is 0 Å². The minimum Gasteiger partial charge on any atom is -0.377 e. The van der Waals surface area contributed by atoms with Crippen LogP contribution in [0.5, 0.6) is 0 Å². The second-order valence-electron chi connectivity index (χ2n) is 4.36. The molecule has 0 bridgehead atoms. The molecule has 0 fully saturated rings. The largest absolute Gasteiger partial charge is 0.377 e. The molecule has 0 amide bonds. The van der Waals surface area contributed by atoms with E-state index < -0.39 is 0 Å². The molecule has 0 saturated carbocycles. The Morgan fingerprint density at radius 3 is 1.74 bits per heavy atom. The highest BCUT2D eigenvalue weighted by Crippen LogP contribution is 2.00. The zero-order valence-electron chi connectivity index (χ0n) is 12.0. The van der Waals surface area contributed by atoms with E-state index in [-0.39, 0.29) is 0 Å². The first-order valence-electron chi connectivity index (χ1n) is 7.02. The van der Waals surface area contributed by atoms with Crippen LogP contribution < -0.4 is 0 Å². The van der Waals surface area contributed by atoms with Gasteiger partial charge in [0.05, 0.1) is 6.61 Å². The molecule has 0 aliphatic heterocycles. The van der Waals surface area contributed by atoms with Crippen LogP contribution in [0.1, 0.15) is 31.4 Å². The number of ether oxygens (including phenoxy) is 1. The first-order chi connectivity index (χ1) is 9.36. The van der Waals surface area contributed by atoms with Gasteiger partial charge in [0.25, 0.3) is 0 Å². The smallest absolute Gasteiger partial charge is 0.0716 e. The van der Waals surface area contributed by atoms with Crippen LogP contribution in [0, 0.1) is 0 Å². The fourth-order valence-corrected chi connectivity index (χ4v) is 1.73. The molecule has 0 saturated heterocycles. The van der Waals surface area contributed by atoms with Crippen LogP contribution in [0.4, 0.5) is 0 Å². The van der Waals surface area contributed by atoms with Gasteiger partial charge >= 0.3 is 0 Å². The Kier molecular flexibility index (Phi) is 8.41. The van der Waals surface area contributed by atoms with Crippen LogP contribution in [0.2, 0.25) is 0 Å². The maximum atomic E-state index is 5.22. The van der Waals surface area contributed by atoms with Gasteiger partial charge in [0.2, 0.25) is 0 Å². The molecule has 2 rings (SSSR count). The summed E-state index contributed by atoms with van der Waals surface area (Å²) in [5, 5.41) is 0. The molecule has 0 heterocycles. The van der Waals surface area contributed by atoms with Gasteiger partial charge in [0.1, 0.15) is 0 Å². The lowest BCUT2D eigenvalue weighted by Crippen LogP contribution is -1.90. The standard InChI is InChI=1S/C9H12O.C9H12/c1-2-10-8-9-6-4-3-5-7-9;1-2-6-9-7-4-3-5-8-9/h3-7H,2,8H2,1H3;3-5,7-8H,2,6H2,1H3. The van der Waals surface area contributed by atoms with Crippen molar-refractivity contribution in [3.8, 4) is 0 Å². The Bertz CT molecular complexity index is 408. The molecule has 0 aromatic heterocycles. The Morgan fingerprint density at radius 1 is 0.737 bits per heavy atom. The van der Waals surface area contributed by atoms with Crippen LogP contribution in [0.25, 0.3) is 0 Å². The highest BCUT2D eigenvalue weighted by molar-refractivity contribution is 5.14. The zero-order chi connectivity index (χ0) is 13.8. The van der Waals surface area contributed by atoms with Gasteiger partial charge in [-0.2, -0.15) is 0 Å². The third kappa shape index (κ3) is 7.43. The Labute approximate surface area is 117 Å². The second kappa shape index (κ2) is 10.3. The predicted molar refractivity (Wildman–Crippen MR) is 82.2 cm³/mol. The van der Waals surface area contributed by atoms with Gasteiger partial charge in [0.15, 0.2) is 0 Å². The molecule has 102 valence electrons. The van der Waals surface area contributed by atoms with E-state index in [2.05, 4.69) is 49.4 Å². The lowest BCUT2D eigenvalue weighted by molar-refractivity contribution is 0.134. The van der Waals surface area contributed by atoms with Crippen molar-refractivity contribution in [2.45, 2.75) is 33.3 Å². The van der Waals surface area contributed by atoms with Crippen molar-refractivity contribution in [1.82, 2.24) is 0 Å². The minimum atomic E-state index is 0.733. The fraction of sp³-hybridized carbons (Fsp3) is 0.333. The predicted octanol–water partition coefficient (Wildman–Crippen LogP) is 4.86. The van der Waals surface area contributed by atoms with Crippen molar-refractivity contribution in [2.24, 2.45) is 0 Å². The summed E-state index contributed by atoms with van der Waals surface area (Å²) in [7, 11) is 0. The molecular weight excluding hydrogens is 232 g/mol. The lowest BCUT2D eigenvalue weighted by Gasteiger charge is -1.98. The number of hydrogen-bond donors (Lipinski definition) is 0. The van der Waals surface area contributed by atoms with Crippen LogP contribution >= 0.6 is 0 Å². The van der Waals surface area contributed by atoms with Gasteiger partial charge in [-0.05, 0) is 24.5 Å². The van der Waals surface area contributed by atoms with Gasteiger partial charge in [-0.15, -0.1) is 0 Å². The molecule has 1 nitrogen and oxygen atoms in total. The van der Waals surface area contributed by atoms with Gasteiger partial charge < -0.3 is 4.74 Å². The van der Waals surface area contributed by atoms with Crippen molar-refractivity contribution < 1.29 is 4.74 Å². The maximum absolute atomic E-state index is 5.22. The summed E-state index contributed by atoms with van der Waals surface area (Å²) < 4.78 is 5.22. The van der Waals surface area contributed by atoms with Crippen LogP contribution in [0.15, 0.2) is 60.7 Å². The van der Waals surface area contributed by atoms with Crippen molar-refractivity contribution in [1.29, 1.82) is 0 Å². The van der Waals surface area contributed by atoms with E-state index in [0.717, 1.165) is 13.2 Å². The monoisotopic (exact) mass is 256 g/mol. The summed E-state index contributed by atoms with van der Waals surface area (Å²) >= 11 is 0. The Balaban J connectivity index is 0.000000191. The van der Waals surface area contributed by atoms with Crippen molar-refractivity contribution in [3.05, 3.63) is 71.8 Å². The molecular formula is C18H24O. The van der Waals surface area contributed by atoms with E-state index in [0.29, 0.717) is 0 Å². The van der Waals surface area contributed by atoms with Crippen molar-refractivity contribution >= 4 is 0 Å². The van der Waals surface area contributed by atoms with Crippen LogP contribution in [-0.4, -0.2) is 6.61 Å². The average molecular weight is 256 g/mol. The first-order valence-corrected chi connectivity index (χ1v) is 7.02. The molecule has 0 aliphatic rings. The molecule has 0 spiro atoms. The Hall–Kier alpha value is -1.60. The van der Waals surface area contributed by atoms with Gasteiger partial charge in [-0.1, -0.05) is 74.0 Å². The van der Waals surface area contributed by atoms with E-state index in [4.69, 9.17) is 4.74 Å². The molecule has 2 aromatic rings. The molecule has 1 heteroatoms. The number of aryl methyl sites for hydroxylation is 1. The Morgan fingerprint density at radius 2 is 1.26 bits per heavy atom. The highest BCUT2D eigenvalue weighted by atomic mass is 16.5. The topological polar surface area (TPSA) is 9.23 Å². The number of benzene rings is 2. The molecule has 0 atom stereocenters. The molecule has 0 aliphatic carbocycles. The summed E-state index contributed by atoms with van der Waals surface area (Å²) in [5.74, 6) is 0. The first kappa shape index (κ1) is 15.5. The zero-order valence-corrected chi connectivity index (χ0v) is 12.0. The van der Waals surface area contributed by atoms with E-state index >= 15 is 0 Å².